The first-order valence-electron chi connectivity index (χ1n) is 3.43. The average molecular weight is 272 g/mol. The number of hydrogen-bond acceptors (Lipinski definition) is 3. The molecule has 0 spiro atoms. The molecule has 0 radical (unpaired) electrons. The molecular formula is C7H8BrF2NOS. The maximum absolute atomic E-state index is 13.0. The van der Waals surface area contributed by atoms with Crippen LogP contribution in [0.4, 0.5) is 8.78 Å². The van der Waals surface area contributed by atoms with Crippen LogP contribution < -0.4 is 10.5 Å². The molecule has 13 heavy (non-hydrogen) atoms. The molecule has 2 N–H and O–H groups in total. The van der Waals surface area contributed by atoms with Crippen LogP contribution in [0.3, 0.4) is 0 Å². The van der Waals surface area contributed by atoms with Gasteiger partial charge in [-0.2, -0.15) is 8.78 Å². The number of rotatable bonds is 3. The molecule has 0 atom stereocenters. The van der Waals surface area contributed by atoms with E-state index in [1.54, 1.807) is 0 Å². The summed E-state index contributed by atoms with van der Waals surface area (Å²) in [5, 5.41) is 0.433. The predicted molar refractivity (Wildman–Crippen MR) is 51.5 cm³/mol. The molecule has 0 saturated carbocycles. The van der Waals surface area contributed by atoms with Gasteiger partial charge in [-0.15, -0.1) is 0 Å². The fraction of sp³-hybridized carbons (Fsp3) is 0.429. The Morgan fingerprint density at radius 3 is 2.69 bits per heavy atom. The third-order valence-corrected chi connectivity index (χ3v) is 3.52. The number of methoxy groups -OCH3 is 1. The van der Waals surface area contributed by atoms with E-state index in [1.165, 1.54) is 13.2 Å². The topological polar surface area (TPSA) is 35.2 Å². The Bertz CT molecular complexity index is 303. The summed E-state index contributed by atoms with van der Waals surface area (Å²) in [5.74, 6) is -2.97. The number of hydrogen-bond donors (Lipinski definition) is 1. The van der Waals surface area contributed by atoms with Crippen LogP contribution in [-0.4, -0.2) is 13.7 Å². The van der Waals surface area contributed by atoms with E-state index in [-0.39, 0.29) is 4.88 Å². The summed E-state index contributed by atoms with van der Waals surface area (Å²) in [4.78, 5) is -0.0845. The lowest BCUT2D eigenvalue weighted by molar-refractivity contribution is 0.00985. The molecule has 1 aromatic rings. The molecule has 0 amide bonds. The van der Waals surface area contributed by atoms with Gasteiger partial charge < -0.3 is 10.5 Å². The van der Waals surface area contributed by atoms with Gasteiger partial charge in [0.05, 0.1) is 23.0 Å². The molecule has 74 valence electrons. The molecule has 0 aliphatic heterocycles. The maximum atomic E-state index is 13.0. The minimum atomic E-state index is -2.97. The summed E-state index contributed by atoms with van der Waals surface area (Å²) in [5.41, 5.74) is 4.94. The van der Waals surface area contributed by atoms with Crippen LogP contribution in [0.25, 0.3) is 0 Å². The predicted octanol–water partition coefficient (Wildman–Crippen LogP) is 2.57. The lowest BCUT2D eigenvalue weighted by Crippen LogP contribution is -2.23. The van der Waals surface area contributed by atoms with Gasteiger partial charge in [0.15, 0.2) is 5.06 Å². The quantitative estimate of drug-likeness (QED) is 0.917. The van der Waals surface area contributed by atoms with E-state index < -0.39 is 12.5 Å². The van der Waals surface area contributed by atoms with Crippen LogP contribution in [0.5, 0.6) is 5.06 Å². The Morgan fingerprint density at radius 1 is 1.69 bits per heavy atom. The summed E-state index contributed by atoms with van der Waals surface area (Å²) in [7, 11) is 1.43. The van der Waals surface area contributed by atoms with Gasteiger partial charge in [0.1, 0.15) is 0 Å². The van der Waals surface area contributed by atoms with E-state index in [9.17, 15) is 8.78 Å². The Labute approximate surface area is 86.8 Å². The van der Waals surface area contributed by atoms with Gasteiger partial charge in [-0.05, 0) is 22.0 Å². The van der Waals surface area contributed by atoms with Gasteiger partial charge >= 0.3 is 0 Å². The van der Waals surface area contributed by atoms with Crippen molar-refractivity contribution >= 4 is 27.3 Å². The minimum absolute atomic E-state index is 0.0845. The van der Waals surface area contributed by atoms with E-state index in [2.05, 4.69) is 15.9 Å². The van der Waals surface area contributed by atoms with Gasteiger partial charge in [0, 0.05) is 0 Å². The third kappa shape index (κ3) is 2.18. The highest BCUT2D eigenvalue weighted by atomic mass is 79.9. The number of ether oxygens (including phenoxy) is 1. The van der Waals surface area contributed by atoms with Crippen LogP contribution in [0.1, 0.15) is 4.88 Å². The smallest absolute Gasteiger partial charge is 0.294 e. The highest BCUT2D eigenvalue weighted by Crippen LogP contribution is 2.41. The first-order chi connectivity index (χ1) is 6.01. The van der Waals surface area contributed by atoms with Crippen LogP contribution in [0.15, 0.2) is 10.5 Å². The van der Waals surface area contributed by atoms with Gasteiger partial charge in [0.2, 0.25) is 0 Å². The van der Waals surface area contributed by atoms with E-state index >= 15 is 0 Å². The Kier molecular flexibility index (Phi) is 3.26. The second-order valence-corrected chi connectivity index (χ2v) is 4.23. The monoisotopic (exact) mass is 271 g/mol. The van der Waals surface area contributed by atoms with E-state index in [4.69, 9.17) is 10.5 Å². The molecule has 1 aromatic heterocycles. The number of thiophene rings is 1. The first kappa shape index (κ1) is 10.9. The van der Waals surface area contributed by atoms with Crippen LogP contribution in [-0.2, 0) is 5.92 Å². The molecule has 1 heterocycles. The van der Waals surface area contributed by atoms with Crippen molar-refractivity contribution in [3.05, 3.63) is 15.4 Å². The largest absolute Gasteiger partial charge is 0.486 e. The first-order valence-corrected chi connectivity index (χ1v) is 5.04. The molecule has 6 heteroatoms. The zero-order valence-electron chi connectivity index (χ0n) is 6.81. The second kappa shape index (κ2) is 3.89. The van der Waals surface area contributed by atoms with E-state index in [0.29, 0.717) is 9.54 Å². The van der Waals surface area contributed by atoms with Crippen molar-refractivity contribution in [2.75, 3.05) is 13.7 Å². The third-order valence-electron chi connectivity index (χ3n) is 1.46. The van der Waals surface area contributed by atoms with E-state index in [0.717, 1.165) is 11.3 Å². The van der Waals surface area contributed by atoms with Crippen molar-refractivity contribution in [2.24, 2.45) is 5.73 Å². The number of alkyl halides is 2. The van der Waals surface area contributed by atoms with Crippen molar-refractivity contribution < 1.29 is 13.5 Å². The van der Waals surface area contributed by atoms with Crippen molar-refractivity contribution in [3.8, 4) is 5.06 Å². The summed E-state index contributed by atoms with van der Waals surface area (Å²) in [6.07, 6.45) is 0. The molecular weight excluding hydrogens is 264 g/mol. The summed E-state index contributed by atoms with van der Waals surface area (Å²) < 4.78 is 31.4. The molecule has 0 saturated heterocycles. The van der Waals surface area contributed by atoms with Crippen molar-refractivity contribution in [2.45, 2.75) is 5.92 Å². The number of nitrogens with two attached hydrogens (primary N) is 1. The lowest BCUT2D eigenvalue weighted by Gasteiger charge is -2.09. The highest BCUT2D eigenvalue weighted by Gasteiger charge is 2.32. The normalized spacial score (nSPS) is 11.8. The minimum Gasteiger partial charge on any atom is -0.486 e. The average Bonchev–Trinajstić information content (AvgIpc) is 2.47. The molecule has 0 aliphatic rings. The van der Waals surface area contributed by atoms with Crippen molar-refractivity contribution in [1.82, 2.24) is 0 Å². The Morgan fingerprint density at radius 2 is 2.31 bits per heavy atom. The van der Waals surface area contributed by atoms with Crippen molar-refractivity contribution in [3.63, 3.8) is 0 Å². The Hall–Kier alpha value is -0.200. The molecule has 0 aliphatic carbocycles. The summed E-state index contributed by atoms with van der Waals surface area (Å²) in [6.45, 7) is -0.691. The SMILES string of the molecule is COc1sc(C(F)(F)CN)cc1Br. The van der Waals surface area contributed by atoms with Crippen LogP contribution >= 0.6 is 27.3 Å². The fourth-order valence-electron chi connectivity index (χ4n) is 0.772. The standard InChI is InChI=1S/C7H8BrF2NOS/c1-12-6-4(8)2-5(13-6)7(9,10)3-11/h2H,3,11H2,1H3. The highest BCUT2D eigenvalue weighted by molar-refractivity contribution is 9.10. The maximum Gasteiger partial charge on any atom is 0.294 e. The van der Waals surface area contributed by atoms with Gasteiger partial charge in [0.25, 0.3) is 5.92 Å². The lowest BCUT2D eigenvalue weighted by atomic mass is 10.3. The van der Waals surface area contributed by atoms with Crippen molar-refractivity contribution in [1.29, 1.82) is 0 Å². The number of halogens is 3. The van der Waals surface area contributed by atoms with E-state index in [1.807, 2.05) is 0 Å². The summed E-state index contributed by atoms with van der Waals surface area (Å²) in [6, 6.07) is 1.33. The molecule has 0 unspecified atom stereocenters. The molecule has 2 nitrogen and oxygen atoms in total. The zero-order chi connectivity index (χ0) is 10.1. The van der Waals surface area contributed by atoms with Gasteiger partial charge in [-0.25, -0.2) is 0 Å². The molecule has 0 bridgehead atoms. The molecule has 0 fully saturated rings. The zero-order valence-corrected chi connectivity index (χ0v) is 9.21. The Balaban J connectivity index is 3.03. The van der Waals surface area contributed by atoms with Gasteiger partial charge in [-0.3, -0.25) is 0 Å². The van der Waals surface area contributed by atoms with Crippen LogP contribution in [0.2, 0.25) is 0 Å². The molecule has 0 aromatic carbocycles. The molecule has 1 rings (SSSR count). The second-order valence-electron chi connectivity index (χ2n) is 2.36. The van der Waals surface area contributed by atoms with Gasteiger partial charge in [-0.1, -0.05) is 11.3 Å². The fourth-order valence-corrected chi connectivity index (χ4v) is 2.41. The van der Waals surface area contributed by atoms with Crippen LogP contribution in [0, 0.1) is 0 Å². The summed E-state index contributed by atoms with van der Waals surface area (Å²) >= 11 is 4.00.